The number of amides is 4. The Kier molecular flexibility index (Phi) is 8.92. The van der Waals surface area contributed by atoms with Crippen LogP contribution in [0.5, 0.6) is 0 Å². The molecule has 186 valence electrons. The maximum atomic E-state index is 13.2. The number of nitrogens with zero attached hydrogens (tertiary/aromatic N) is 3. The number of rotatable bonds is 7. The lowest BCUT2D eigenvalue weighted by molar-refractivity contribution is -0.139. The Labute approximate surface area is 202 Å². The fourth-order valence-corrected chi connectivity index (χ4v) is 4.47. The van der Waals surface area contributed by atoms with Crippen molar-refractivity contribution in [3.63, 3.8) is 0 Å². The molecule has 0 bridgehead atoms. The average molecular weight is 472 g/mol. The van der Waals surface area contributed by atoms with Gasteiger partial charge < -0.3 is 20.3 Å². The summed E-state index contributed by atoms with van der Waals surface area (Å²) in [6.45, 7) is 12.0. The summed E-state index contributed by atoms with van der Waals surface area (Å²) in [5.74, 6) is -0.416. The first-order chi connectivity index (χ1) is 16.4. The van der Waals surface area contributed by atoms with Crippen molar-refractivity contribution in [2.24, 2.45) is 0 Å². The SMILES string of the molecule is CCNC(=O)N1CCCN(CC2=C(C(=O)OCC)[C@@H](c3ccc(C)cc3)NC(=O)N2CC)CC1. The highest BCUT2D eigenvalue weighted by Crippen LogP contribution is 2.32. The first kappa shape index (κ1) is 25.6. The third-order valence-corrected chi connectivity index (χ3v) is 6.24. The van der Waals surface area contributed by atoms with Gasteiger partial charge in [0.1, 0.15) is 0 Å². The number of urea groups is 2. The molecule has 2 aliphatic heterocycles. The van der Waals surface area contributed by atoms with Crippen LogP contribution in [0.4, 0.5) is 9.59 Å². The minimum Gasteiger partial charge on any atom is -0.463 e. The number of carbonyl (C=O) groups excluding carboxylic acids is 3. The number of likely N-dealkylation sites (N-methyl/N-ethyl adjacent to an activating group) is 1. The average Bonchev–Trinajstić information content (AvgIpc) is 3.05. The van der Waals surface area contributed by atoms with Gasteiger partial charge in [0.2, 0.25) is 0 Å². The van der Waals surface area contributed by atoms with Crippen LogP contribution in [0, 0.1) is 6.92 Å². The van der Waals surface area contributed by atoms with E-state index in [-0.39, 0.29) is 18.7 Å². The summed E-state index contributed by atoms with van der Waals surface area (Å²) in [4.78, 5) is 44.2. The van der Waals surface area contributed by atoms with Gasteiger partial charge in [-0.15, -0.1) is 0 Å². The van der Waals surface area contributed by atoms with E-state index >= 15 is 0 Å². The Balaban J connectivity index is 1.95. The molecule has 1 saturated heterocycles. The van der Waals surface area contributed by atoms with E-state index < -0.39 is 12.0 Å². The van der Waals surface area contributed by atoms with E-state index in [0.717, 1.165) is 24.1 Å². The van der Waals surface area contributed by atoms with Gasteiger partial charge in [-0.25, -0.2) is 14.4 Å². The molecule has 1 aromatic carbocycles. The fraction of sp³-hybridized carbons (Fsp3) is 0.560. The van der Waals surface area contributed by atoms with Gasteiger partial charge in [-0.1, -0.05) is 29.8 Å². The Morgan fingerprint density at radius 2 is 1.82 bits per heavy atom. The van der Waals surface area contributed by atoms with Gasteiger partial charge in [0.05, 0.1) is 18.2 Å². The molecule has 9 heteroatoms. The number of esters is 1. The number of ether oxygens (including phenoxy) is 1. The van der Waals surface area contributed by atoms with Gasteiger partial charge in [-0.05, 0) is 39.7 Å². The van der Waals surface area contributed by atoms with Crippen molar-refractivity contribution >= 4 is 18.0 Å². The van der Waals surface area contributed by atoms with Crippen LogP contribution in [0.3, 0.4) is 0 Å². The summed E-state index contributed by atoms with van der Waals surface area (Å²) in [6, 6.07) is 6.96. The molecule has 2 aliphatic rings. The van der Waals surface area contributed by atoms with E-state index in [1.165, 1.54) is 0 Å². The van der Waals surface area contributed by atoms with Crippen molar-refractivity contribution in [2.45, 2.75) is 40.2 Å². The molecule has 0 radical (unpaired) electrons. The lowest BCUT2D eigenvalue weighted by Crippen LogP contribution is -2.51. The van der Waals surface area contributed by atoms with Crippen LogP contribution in [-0.2, 0) is 9.53 Å². The number of benzene rings is 1. The van der Waals surface area contributed by atoms with Gasteiger partial charge in [-0.3, -0.25) is 9.80 Å². The van der Waals surface area contributed by atoms with Crippen LogP contribution >= 0.6 is 0 Å². The molecule has 0 unspecified atom stereocenters. The Bertz CT molecular complexity index is 914. The molecule has 1 fully saturated rings. The maximum absolute atomic E-state index is 13.2. The number of hydrogen-bond acceptors (Lipinski definition) is 5. The van der Waals surface area contributed by atoms with E-state index in [4.69, 9.17) is 4.74 Å². The van der Waals surface area contributed by atoms with Crippen LogP contribution < -0.4 is 10.6 Å². The smallest absolute Gasteiger partial charge is 0.338 e. The van der Waals surface area contributed by atoms with Gasteiger partial charge in [0, 0.05) is 51.5 Å². The van der Waals surface area contributed by atoms with E-state index in [2.05, 4.69) is 15.5 Å². The van der Waals surface area contributed by atoms with Crippen LogP contribution in [0.1, 0.15) is 44.4 Å². The molecule has 0 spiro atoms. The van der Waals surface area contributed by atoms with Crippen LogP contribution in [0.25, 0.3) is 0 Å². The third-order valence-electron chi connectivity index (χ3n) is 6.24. The number of nitrogens with one attached hydrogen (secondary N) is 2. The van der Waals surface area contributed by atoms with Crippen molar-refractivity contribution < 1.29 is 19.1 Å². The minimum atomic E-state index is -0.580. The number of hydrogen-bond donors (Lipinski definition) is 2. The molecule has 1 atom stereocenters. The molecular formula is C25H37N5O4. The standard InChI is InChI=1S/C25H37N5O4/c1-5-26-24(32)29-14-8-13-28(15-16-29)17-20-21(23(31)34-7-3)22(27-25(33)30(20)6-2)19-11-9-18(4)10-12-19/h9-12,22H,5-8,13-17H2,1-4H3,(H,26,32)(H,27,33)/t22-/m1/s1. The Morgan fingerprint density at radius 3 is 2.47 bits per heavy atom. The zero-order valence-corrected chi connectivity index (χ0v) is 20.7. The summed E-state index contributed by atoms with van der Waals surface area (Å²) in [7, 11) is 0. The van der Waals surface area contributed by atoms with E-state index in [0.29, 0.717) is 50.5 Å². The van der Waals surface area contributed by atoms with Crippen molar-refractivity contribution in [3.05, 3.63) is 46.7 Å². The molecule has 4 amide bonds. The molecule has 0 aliphatic carbocycles. The van der Waals surface area contributed by atoms with E-state index in [9.17, 15) is 14.4 Å². The normalized spacial score (nSPS) is 19.5. The summed E-state index contributed by atoms with van der Waals surface area (Å²) in [6.07, 6.45) is 0.818. The van der Waals surface area contributed by atoms with Gasteiger partial charge >= 0.3 is 18.0 Å². The van der Waals surface area contributed by atoms with E-state index in [1.54, 1.807) is 11.8 Å². The van der Waals surface area contributed by atoms with Crippen molar-refractivity contribution in [1.29, 1.82) is 0 Å². The topological polar surface area (TPSA) is 94.2 Å². The quantitative estimate of drug-likeness (QED) is 0.597. The monoisotopic (exact) mass is 471 g/mol. The van der Waals surface area contributed by atoms with Crippen molar-refractivity contribution in [1.82, 2.24) is 25.3 Å². The van der Waals surface area contributed by atoms with Gasteiger partial charge in [0.25, 0.3) is 0 Å². The highest BCUT2D eigenvalue weighted by Gasteiger charge is 2.38. The molecule has 2 N–H and O–H groups in total. The lowest BCUT2D eigenvalue weighted by Gasteiger charge is -2.38. The van der Waals surface area contributed by atoms with Gasteiger partial charge in [0.15, 0.2) is 0 Å². The molecule has 9 nitrogen and oxygen atoms in total. The predicted octanol–water partition coefficient (Wildman–Crippen LogP) is 2.64. The van der Waals surface area contributed by atoms with Crippen molar-refractivity contribution in [2.75, 3.05) is 52.4 Å². The highest BCUT2D eigenvalue weighted by molar-refractivity contribution is 5.95. The molecule has 0 aromatic heterocycles. The van der Waals surface area contributed by atoms with E-state index in [1.807, 2.05) is 49.9 Å². The number of carbonyl (C=O) groups is 3. The zero-order chi connectivity index (χ0) is 24.7. The van der Waals surface area contributed by atoms with Crippen LogP contribution in [0.2, 0.25) is 0 Å². The largest absolute Gasteiger partial charge is 0.463 e. The zero-order valence-electron chi connectivity index (χ0n) is 20.7. The first-order valence-corrected chi connectivity index (χ1v) is 12.2. The highest BCUT2D eigenvalue weighted by atomic mass is 16.5. The molecule has 34 heavy (non-hydrogen) atoms. The number of aryl methyl sites for hydroxylation is 1. The Morgan fingerprint density at radius 1 is 1.09 bits per heavy atom. The predicted molar refractivity (Wildman–Crippen MR) is 130 cm³/mol. The van der Waals surface area contributed by atoms with Crippen LogP contribution in [0.15, 0.2) is 35.5 Å². The summed E-state index contributed by atoms with van der Waals surface area (Å²) < 4.78 is 5.45. The molecule has 0 saturated carbocycles. The lowest BCUT2D eigenvalue weighted by atomic mass is 9.93. The van der Waals surface area contributed by atoms with Crippen LogP contribution in [-0.4, -0.2) is 85.2 Å². The van der Waals surface area contributed by atoms with Crippen molar-refractivity contribution in [3.8, 4) is 0 Å². The Hall–Kier alpha value is -3.07. The second-order valence-corrected chi connectivity index (χ2v) is 8.57. The van der Waals surface area contributed by atoms with Gasteiger partial charge in [-0.2, -0.15) is 0 Å². The summed E-state index contributed by atoms with van der Waals surface area (Å²) in [5.41, 5.74) is 3.08. The third kappa shape index (κ3) is 5.88. The minimum absolute atomic E-state index is 0.0533. The summed E-state index contributed by atoms with van der Waals surface area (Å²) >= 11 is 0. The molecular weight excluding hydrogens is 434 g/mol. The fourth-order valence-electron chi connectivity index (χ4n) is 4.47. The summed E-state index contributed by atoms with van der Waals surface area (Å²) in [5, 5.41) is 5.87. The first-order valence-electron chi connectivity index (χ1n) is 12.2. The molecule has 2 heterocycles. The maximum Gasteiger partial charge on any atom is 0.338 e. The molecule has 1 aromatic rings. The second kappa shape index (κ2) is 11.9. The molecule has 3 rings (SSSR count). The second-order valence-electron chi connectivity index (χ2n) is 8.57.